The predicted molar refractivity (Wildman–Crippen MR) is 113 cm³/mol. The summed E-state index contributed by atoms with van der Waals surface area (Å²) in [5.41, 5.74) is 7.81. The summed E-state index contributed by atoms with van der Waals surface area (Å²) in [6.07, 6.45) is -9.11. The van der Waals surface area contributed by atoms with Crippen LogP contribution in [-0.2, 0) is 24.4 Å². The largest absolute Gasteiger partial charge is 0.573 e. The Morgan fingerprint density at radius 3 is 1.97 bits per heavy atom. The topological polar surface area (TPSA) is 68.9 Å². The van der Waals surface area contributed by atoms with Crippen molar-refractivity contribution in [2.75, 3.05) is 6.61 Å². The summed E-state index contributed by atoms with van der Waals surface area (Å²) in [6, 6.07) is 12.0. The molecule has 0 bridgehead atoms. The zero-order valence-corrected chi connectivity index (χ0v) is 18.3. The van der Waals surface area contributed by atoms with Gasteiger partial charge >= 0.3 is 12.5 Å². The predicted octanol–water partition coefficient (Wildman–Crippen LogP) is 4.89. The molecule has 0 aliphatic heterocycles. The molecule has 2 aromatic rings. The molecule has 2 aromatic carbocycles. The number of hydrogen-bond acceptors (Lipinski definition) is 3. The Hall–Kier alpha value is -2.22. The summed E-state index contributed by atoms with van der Waals surface area (Å²) in [5, 5.41) is 2.87. The second kappa shape index (κ2) is 12.0. The van der Waals surface area contributed by atoms with Crippen molar-refractivity contribution >= 4 is 29.9 Å². The van der Waals surface area contributed by atoms with Gasteiger partial charge in [0.2, 0.25) is 0 Å². The number of ether oxygens (including phenoxy) is 2. The SMILES string of the molecule is I.NC(=NCc1ccc(OC(F)(F)F)cc1)NCc1ccc(COCC(F)(F)F)cc1. The van der Waals surface area contributed by atoms with Gasteiger partial charge in [0.05, 0.1) is 13.2 Å². The third kappa shape index (κ3) is 11.7. The van der Waals surface area contributed by atoms with Gasteiger partial charge in [-0.3, -0.25) is 0 Å². The molecule has 172 valence electrons. The second-order valence-corrected chi connectivity index (χ2v) is 6.17. The highest BCUT2D eigenvalue weighted by atomic mass is 127. The Balaban J connectivity index is 0.00000480. The highest BCUT2D eigenvalue weighted by Crippen LogP contribution is 2.22. The molecule has 0 radical (unpaired) electrons. The highest BCUT2D eigenvalue weighted by molar-refractivity contribution is 14.0. The van der Waals surface area contributed by atoms with E-state index in [2.05, 4.69) is 19.8 Å². The first-order chi connectivity index (χ1) is 14.0. The van der Waals surface area contributed by atoms with E-state index in [1.54, 1.807) is 24.3 Å². The molecular formula is C19H20F6IN3O2. The lowest BCUT2D eigenvalue weighted by Gasteiger charge is -2.09. The lowest BCUT2D eigenvalue weighted by molar-refractivity contribution is -0.274. The molecular weight excluding hydrogens is 543 g/mol. The quantitative estimate of drug-likeness (QED) is 0.208. The number of nitrogens with one attached hydrogen (secondary N) is 1. The van der Waals surface area contributed by atoms with Crippen LogP contribution in [0.2, 0.25) is 0 Å². The maximum absolute atomic E-state index is 12.1. The van der Waals surface area contributed by atoms with Crippen LogP contribution in [0.3, 0.4) is 0 Å². The molecule has 0 aliphatic rings. The minimum atomic E-state index is -4.75. The Bertz CT molecular complexity index is 825. The number of benzene rings is 2. The standard InChI is InChI=1S/C19H19F6N3O2.HI/c20-18(21,22)12-29-11-15-3-1-13(2-4-15)9-27-17(26)28-10-14-5-7-16(8-6-14)30-19(23,24)25;/h1-8H,9-12H2,(H3,26,27,28);1H. The molecule has 0 aromatic heterocycles. The molecule has 3 N–H and O–H groups in total. The fourth-order valence-corrected chi connectivity index (χ4v) is 2.26. The van der Waals surface area contributed by atoms with Crippen LogP contribution in [0.4, 0.5) is 26.3 Å². The lowest BCUT2D eigenvalue weighted by atomic mass is 10.1. The molecule has 0 saturated carbocycles. The van der Waals surface area contributed by atoms with E-state index in [-0.39, 0.29) is 48.8 Å². The summed E-state index contributed by atoms with van der Waals surface area (Å²) in [5.74, 6) is -0.197. The zero-order chi connectivity index (χ0) is 22.2. The number of hydrogen-bond donors (Lipinski definition) is 2. The van der Waals surface area contributed by atoms with E-state index in [0.717, 1.165) is 5.56 Å². The van der Waals surface area contributed by atoms with E-state index in [9.17, 15) is 26.3 Å². The maximum atomic E-state index is 12.1. The molecule has 12 heteroatoms. The number of aliphatic imine (C=N–C) groups is 1. The highest BCUT2D eigenvalue weighted by Gasteiger charge is 2.31. The molecule has 0 unspecified atom stereocenters. The Morgan fingerprint density at radius 1 is 0.871 bits per heavy atom. The van der Waals surface area contributed by atoms with Crippen molar-refractivity contribution in [3.8, 4) is 5.75 Å². The average molecular weight is 563 g/mol. The van der Waals surface area contributed by atoms with Gasteiger partial charge in [-0.1, -0.05) is 36.4 Å². The molecule has 0 saturated heterocycles. The number of nitrogens with zero attached hydrogens (tertiary/aromatic N) is 1. The fourth-order valence-electron chi connectivity index (χ4n) is 2.26. The van der Waals surface area contributed by atoms with Crippen LogP contribution in [-0.4, -0.2) is 25.1 Å². The van der Waals surface area contributed by atoms with Crippen molar-refractivity contribution in [1.29, 1.82) is 0 Å². The number of nitrogens with two attached hydrogens (primary N) is 1. The smallest absolute Gasteiger partial charge is 0.406 e. The van der Waals surface area contributed by atoms with Gasteiger partial charge in [-0.25, -0.2) is 4.99 Å². The monoisotopic (exact) mass is 563 g/mol. The van der Waals surface area contributed by atoms with Crippen molar-refractivity contribution < 1.29 is 35.8 Å². The third-order valence-electron chi connectivity index (χ3n) is 3.62. The Morgan fingerprint density at radius 2 is 1.42 bits per heavy atom. The van der Waals surface area contributed by atoms with E-state index < -0.39 is 19.1 Å². The number of guanidine groups is 1. The number of rotatable bonds is 8. The third-order valence-corrected chi connectivity index (χ3v) is 3.62. The van der Waals surface area contributed by atoms with Gasteiger partial charge in [0.15, 0.2) is 5.96 Å². The minimum absolute atomic E-state index is 0. The van der Waals surface area contributed by atoms with Crippen LogP contribution in [0.15, 0.2) is 53.5 Å². The van der Waals surface area contributed by atoms with E-state index in [1.807, 2.05) is 0 Å². The fraction of sp³-hybridized carbons (Fsp3) is 0.316. The van der Waals surface area contributed by atoms with Gasteiger partial charge in [0.25, 0.3) is 0 Å². The van der Waals surface area contributed by atoms with Gasteiger partial charge in [-0.2, -0.15) is 13.2 Å². The molecule has 0 amide bonds. The van der Waals surface area contributed by atoms with Crippen LogP contribution in [0.5, 0.6) is 5.75 Å². The summed E-state index contributed by atoms with van der Waals surface area (Å²) >= 11 is 0. The van der Waals surface area contributed by atoms with Crippen LogP contribution >= 0.6 is 24.0 Å². The van der Waals surface area contributed by atoms with Gasteiger partial charge in [0.1, 0.15) is 12.4 Å². The molecule has 31 heavy (non-hydrogen) atoms. The van der Waals surface area contributed by atoms with Crippen LogP contribution in [0.1, 0.15) is 16.7 Å². The van der Waals surface area contributed by atoms with E-state index >= 15 is 0 Å². The Kier molecular flexibility index (Phi) is 10.4. The van der Waals surface area contributed by atoms with Crippen molar-refractivity contribution in [3.05, 3.63) is 65.2 Å². The summed E-state index contributed by atoms with van der Waals surface area (Å²) in [6.45, 7) is -0.969. The molecule has 0 atom stereocenters. The van der Waals surface area contributed by atoms with Gasteiger partial charge in [0, 0.05) is 6.54 Å². The normalized spacial score (nSPS) is 12.3. The van der Waals surface area contributed by atoms with E-state index in [0.29, 0.717) is 17.7 Å². The van der Waals surface area contributed by atoms with Crippen molar-refractivity contribution in [3.63, 3.8) is 0 Å². The summed E-state index contributed by atoms with van der Waals surface area (Å²) in [7, 11) is 0. The molecule has 0 heterocycles. The maximum Gasteiger partial charge on any atom is 0.573 e. The zero-order valence-electron chi connectivity index (χ0n) is 16.0. The summed E-state index contributed by atoms with van der Waals surface area (Å²) in [4.78, 5) is 4.09. The van der Waals surface area contributed by atoms with E-state index in [4.69, 9.17) is 5.73 Å². The molecule has 2 rings (SSSR count). The van der Waals surface area contributed by atoms with Crippen molar-refractivity contribution in [2.24, 2.45) is 10.7 Å². The molecule has 0 spiro atoms. The first kappa shape index (κ1) is 26.8. The number of halogens is 7. The second-order valence-electron chi connectivity index (χ2n) is 6.17. The number of alkyl halides is 6. The van der Waals surface area contributed by atoms with Crippen LogP contribution in [0.25, 0.3) is 0 Å². The average Bonchev–Trinajstić information content (AvgIpc) is 2.64. The van der Waals surface area contributed by atoms with Gasteiger partial charge < -0.3 is 20.5 Å². The van der Waals surface area contributed by atoms with E-state index in [1.165, 1.54) is 24.3 Å². The van der Waals surface area contributed by atoms with Crippen LogP contribution in [0, 0.1) is 0 Å². The molecule has 0 aliphatic carbocycles. The first-order valence-corrected chi connectivity index (χ1v) is 8.61. The Labute approximate surface area is 191 Å². The van der Waals surface area contributed by atoms with Crippen molar-refractivity contribution in [2.45, 2.75) is 32.2 Å². The minimum Gasteiger partial charge on any atom is -0.406 e. The first-order valence-electron chi connectivity index (χ1n) is 8.61. The molecule has 0 fully saturated rings. The van der Waals surface area contributed by atoms with Gasteiger partial charge in [-0.15, -0.1) is 37.1 Å². The van der Waals surface area contributed by atoms with Gasteiger partial charge in [-0.05, 0) is 28.8 Å². The lowest BCUT2D eigenvalue weighted by Crippen LogP contribution is -2.31. The molecule has 5 nitrogen and oxygen atoms in total. The van der Waals surface area contributed by atoms with Crippen LogP contribution < -0.4 is 15.8 Å². The summed E-state index contributed by atoms with van der Waals surface area (Å²) < 4.78 is 80.9. The van der Waals surface area contributed by atoms with Crippen molar-refractivity contribution in [1.82, 2.24) is 5.32 Å².